The summed E-state index contributed by atoms with van der Waals surface area (Å²) in [5.41, 5.74) is 2.00. The third-order valence-electron chi connectivity index (χ3n) is 12.4. The van der Waals surface area contributed by atoms with Gasteiger partial charge in [-0.1, -0.05) is 33.4 Å². The minimum atomic E-state index is -0.229. The summed E-state index contributed by atoms with van der Waals surface area (Å²) in [7, 11) is 1.46. The van der Waals surface area contributed by atoms with E-state index in [4.69, 9.17) is 9.47 Å². The second-order valence-electron chi connectivity index (χ2n) is 13.4. The molecule has 9 atom stereocenters. The monoisotopic (exact) mass is 496 g/mol. The highest BCUT2D eigenvalue weighted by atomic mass is 16.6. The summed E-state index contributed by atoms with van der Waals surface area (Å²) in [6.45, 7) is 13.6. The van der Waals surface area contributed by atoms with E-state index in [1.165, 1.54) is 32.8 Å². The molecular formula is C31H44O5. The topological polar surface area (TPSA) is 69.7 Å². The van der Waals surface area contributed by atoms with Gasteiger partial charge in [0.15, 0.2) is 0 Å². The summed E-state index contributed by atoms with van der Waals surface area (Å²) < 4.78 is 11.0. The molecular weight excluding hydrogens is 452 g/mol. The Hall–Kier alpha value is -1.91. The first-order chi connectivity index (χ1) is 17.0. The Labute approximate surface area is 216 Å². The van der Waals surface area contributed by atoms with Gasteiger partial charge in [0.25, 0.3) is 0 Å². The van der Waals surface area contributed by atoms with E-state index in [1.807, 2.05) is 6.92 Å². The maximum atomic E-state index is 12.7. The molecule has 5 heteroatoms. The van der Waals surface area contributed by atoms with Crippen LogP contribution < -0.4 is 0 Å². The molecule has 0 aromatic heterocycles. The molecule has 0 amide bonds. The summed E-state index contributed by atoms with van der Waals surface area (Å²) in [6, 6.07) is 0. The number of hydrogen-bond acceptors (Lipinski definition) is 5. The smallest absolute Gasteiger partial charge is 0.334 e. The largest absolute Gasteiger partial charge is 0.469 e. The van der Waals surface area contributed by atoms with Gasteiger partial charge < -0.3 is 9.47 Å². The molecule has 1 heterocycles. The van der Waals surface area contributed by atoms with Crippen molar-refractivity contribution in [3.8, 4) is 0 Å². The summed E-state index contributed by atoms with van der Waals surface area (Å²) in [5.74, 6) is 1.41. The molecule has 198 valence electrons. The molecule has 5 fully saturated rings. The third-order valence-corrected chi connectivity index (χ3v) is 12.4. The van der Waals surface area contributed by atoms with Crippen molar-refractivity contribution < 1.29 is 23.9 Å². The first kappa shape index (κ1) is 25.7. The molecule has 4 aliphatic carbocycles. The first-order valence-corrected chi connectivity index (χ1v) is 14.1. The number of methoxy groups -OCH3 is 1. The predicted octanol–water partition coefficient (Wildman–Crippen LogP) is 6.21. The van der Waals surface area contributed by atoms with Crippen LogP contribution in [0.2, 0.25) is 0 Å². The first-order valence-electron chi connectivity index (χ1n) is 14.1. The average molecular weight is 497 g/mol. The van der Waals surface area contributed by atoms with Crippen molar-refractivity contribution in [3.05, 3.63) is 23.8 Å². The molecule has 36 heavy (non-hydrogen) atoms. The van der Waals surface area contributed by atoms with Crippen LogP contribution in [0.25, 0.3) is 0 Å². The van der Waals surface area contributed by atoms with Gasteiger partial charge >= 0.3 is 11.9 Å². The number of allylic oxidation sites excluding steroid dienone is 2. The number of esters is 2. The lowest BCUT2D eigenvalue weighted by Gasteiger charge is -2.61. The van der Waals surface area contributed by atoms with Gasteiger partial charge in [0.05, 0.1) is 7.11 Å². The summed E-state index contributed by atoms with van der Waals surface area (Å²) in [5, 5.41) is 0. The van der Waals surface area contributed by atoms with Crippen molar-refractivity contribution >= 4 is 18.2 Å². The Morgan fingerprint density at radius 1 is 1.25 bits per heavy atom. The van der Waals surface area contributed by atoms with Crippen molar-refractivity contribution in [1.29, 1.82) is 0 Å². The third kappa shape index (κ3) is 3.29. The van der Waals surface area contributed by atoms with Crippen molar-refractivity contribution in [2.75, 3.05) is 7.11 Å². The fourth-order valence-corrected chi connectivity index (χ4v) is 10.4. The second-order valence-corrected chi connectivity index (χ2v) is 13.4. The fourth-order valence-electron chi connectivity index (χ4n) is 10.4. The zero-order valence-corrected chi connectivity index (χ0v) is 22.9. The van der Waals surface area contributed by atoms with Crippen LogP contribution >= 0.6 is 0 Å². The van der Waals surface area contributed by atoms with Crippen LogP contribution in [0.3, 0.4) is 0 Å². The molecule has 1 aliphatic heterocycles. The summed E-state index contributed by atoms with van der Waals surface area (Å²) >= 11 is 0. The van der Waals surface area contributed by atoms with Crippen LogP contribution in [0.1, 0.15) is 91.9 Å². The van der Waals surface area contributed by atoms with Crippen LogP contribution in [-0.4, -0.2) is 31.4 Å². The number of carbonyl (C=O) groups excluding carboxylic acids is 3. The maximum absolute atomic E-state index is 12.7. The van der Waals surface area contributed by atoms with E-state index in [-0.39, 0.29) is 45.6 Å². The zero-order valence-electron chi connectivity index (χ0n) is 22.9. The van der Waals surface area contributed by atoms with Crippen molar-refractivity contribution in [2.45, 2.75) is 98.0 Å². The maximum Gasteiger partial charge on any atom is 0.334 e. The number of hydrogen-bond donors (Lipinski definition) is 0. The molecule has 4 saturated carbocycles. The van der Waals surface area contributed by atoms with Gasteiger partial charge in [-0.15, -0.1) is 0 Å². The minimum absolute atomic E-state index is 0.0443. The van der Waals surface area contributed by atoms with Crippen LogP contribution in [-0.2, 0) is 23.9 Å². The highest BCUT2D eigenvalue weighted by Gasteiger charge is 2.83. The summed E-state index contributed by atoms with van der Waals surface area (Å²) in [6.07, 6.45) is 13.0. The Morgan fingerprint density at radius 3 is 2.69 bits per heavy atom. The molecule has 5 aliphatic rings. The highest BCUT2D eigenvalue weighted by Crippen LogP contribution is 2.88. The highest BCUT2D eigenvalue weighted by molar-refractivity contribution is 5.91. The van der Waals surface area contributed by atoms with Crippen LogP contribution in [0, 0.1) is 45.3 Å². The zero-order chi connectivity index (χ0) is 26.1. The molecule has 0 radical (unpaired) electrons. The fraction of sp³-hybridized carbons (Fsp3) is 0.774. The number of ether oxygens (including phenoxy) is 2. The molecule has 1 saturated heterocycles. The van der Waals surface area contributed by atoms with Crippen LogP contribution in [0.15, 0.2) is 23.8 Å². The standard InChI is InChI=1S/C31H44O5/c1-19(17-32)8-7-9-20(2)22-10-12-29(5)24-16-23-26(21(3)27(34)36-23)31(13-11-25(33)35-6)18-30(24,31)15-14-28(22,29)4/h8,17,20,22-24,26H,3,7,9-16,18H2,1-2,4-6H3/b19-8-/t20-,22-,23-,24+,26-,28-,29+,30+,31-/m0/s1. The van der Waals surface area contributed by atoms with E-state index in [2.05, 4.69) is 33.4 Å². The average Bonchev–Trinajstić information content (AvgIpc) is 3.31. The molecule has 0 unspecified atom stereocenters. The van der Waals surface area contributed by atoms with E-state index >= 15 is 0 Å². The Bertz CT molecular complexity index is 1010. The number of carbonyl (C=O) groups is 3. The number of fused-ring (bicyclic) bond motifs is 4. The number of rotatable bonds is 8. The Morgan fingerprint density at radius 2 is 2.00 bits per heavy atom. The van der Waals surface area contributed by atoms with Crippen LogP contribution in [0.4, 0.5) is 0 Å². The van der Waals surface area contributed by atoms with E-state index in [9.17, 15) is 14.4 Å². The van der Waals surface area contributed by atoms with E-state index in [0.29, 0.717) is 29.7 Å². The molecule has 0 aromatic carbocycles. The van der Waals surface area contributed by atoms with Gasteiger partial charge in [0.2, 0.25) is 0 Å². The lowest BCUT2D eigenvalue weighted by Crippen LogP contribution is -2.56. The SMILES string of the molecule is C=C1C(=O)O[C@H]2C[C@H]3[C@@]4(CC[C@@]5(C)[C@H]([C@@H](C)CC/C=C(/C)C=O)CC[C@]35C)C[C@@]4(CCC(=O)OC)[C@@H]12. The lowest BCUT2D eigenvalue weighted by molar-refractivity contribution is -0.158. The van der Waals surface area contributed by atoms with Gasteiger partial charge in [-0.3, -0.25) is 9.59 Å². The number of aldehydes is 1. The molecule has 1 spiro atoms. The van der Waals surface area contributed by atoms with Gasteiger partial charge in [-0.25, -0.2) is 4.79 Å². The lowest BCUT2D eigenvalue weighted by atomic mass is 9.43. The Balaban J connectivity index is 1.44. The van der Waals surface area contributed by atoms with E-state index in [0.717, 1.165) is 44.0 Å². The Kier molecular flexibility index (Phi) is 6.12. The normalized spacial score (nSPS) is 45.6. The van der Waals surface area contributed by atoms with Crippen molar-refractivity contribution in [1.82, 2.24) is 0 Å². The van der Waals surface area contributed by atoms with Gasteiger partial charge in [0.1, 0.15) is 12.4 Å². The minimum Gasteiger partial charge on any atom is -0.469 e. The van der Waals surface area contributed by atoms with Crippen LogP contribution in [0.5, 0.6) is 0 Å². The van der Waals surface area contributed by atoms with Crippen molar-refractivity contribution in [3.63, 3.8) is 0 Å². The van der Waals surface area contributed by atoms with Gasteiger partial charge in [-0.05, 0) is 110 Å². The van der Waals surface area contributed by atoms with E-state index < -0.39 is 0 Å². The predicted molar refractivity (Wildman–Crippen MR) is 138 cm³/mol. The summed E-state index contributed by atoms with van der Waals surface area (Å²) in [4.78, 5) is 35.9. The van der Waals surface area contributed by atoms with Crippen molar-refractivity contribution in [2.24, 2.45) is 45.3 Å². The molecule has 0 aromatic rings. The molecule has 5 rings (SSSR count). The molecule has 0 bridgehead atoms. The molecule has 5 nitrogen and oxygen atoms in total. The van der Waals surface area contributed by atoms with Gasteiger partial charge in [0, 0.05) is 17.9 Å². The van der Waals surface area contributed by atoms with Gasteiger partial charge in [-0.2, -0.15) is 0 Å². The van der Waals surface area contributed by atoms with E-state index in [1.54, 1.807) is 0 Å². The quantitative estimate of drug-likeness (QED) is 0.227. The second kappa shape index (κ2) is 8.56. The molecule has 0 N–H and O–H groups in total.